The minimum Gasteiger partial charge on any atom is -0.488 e. The number of furan rings is 1. The molecule has 3 aromatic rings. The summed E-state index contributed by atoms with van der Waals surface area (Å²) in [7, 11) is 0. The first-order chi connectivity index (χ1) is 15.3. The van der Waals surface area contributed by atoms with Gasteiger partial charge in [0, 0.05) is 29.4 Å². The van der Waals surface area contributed by atoms with Gasteiger partial charge in [0.25, 0.3) is 0 Å². The number of benzene rings is 2. The van der Waals surface area contributed by atoms with Crippen LogP contribution in [-0.2, 0) is 29.0 Å². The molecule has 170 valence electrons. The molecule has 2 aromatic carbocycles. The Hall–Kier alpha value is -3.08. The van der Waals surface area contributed by atoms with E-state index in [2.05, 4.69) is 6.92 Å². The Morgan fingerprint density at radius 1 is 0.969 bits per heavy atom. The Labute approximate surface area is 189 Å². The lowest BCUT2D eigenvalue weighted by molar-refractivity contribution is -0.143. The number of carbonyl (C=O) groups excluding carboxylic acids is 2. The molecule has 0 aliphatic heterocycles. The second-order valence-electron chi connectivity index (χ2n) is 8.14. The maximum atomic E-state index is 12.0. The molecule has 0 amide bonds. The normalized spacial score (nSPS) is 11.0. The number of ketones is 1. The first-order valence-electron chi connectivity index (χ1n) is 11.3. The van der Waals surface area contributed by atoms with Gasteiger partial charge in [-0.05, 0) is 81.5 Å². The van der Waals surface area contributed by atoms with Gasteiger partial charge in [-0.25, -0.2) is 0 Å². The Kier molecular flexibility index (Phi) is 7.73. The van der Waals surface area contributed by atoms with E-state index in [1.54, 1.807) is 6.92 Å². The molecule has 32 heavy (non-hydrogen) atoms. The summed E-state index contributed by atoms with van der Waals surface area (Å²) in [5.74, 6) is 1.54. The van der Waals surface area contributed by atoms with Crippen molar-refractivity contribution in [1.82, 2.24) is 0 Å². The van der Waals surface area contributed by atoms with Gasteiger partial charge in [-0.3, -0.25) is 9.59 Å². The average molecular weight is 437 g/mol. The quantitative estimate of drug-likeness (QED) is 0.276. The summed E-state index contributed by atoms with van der Waals surface area (Å²) in [6.07, 6.45) is 2.85. The van der Waals surface area contributed by atoms with Gasteiger partial charge in [-0.2, -0.15) is 0 Å². The first kappa shape index (κ1) is 23.6. The fourth-order valence-electron chi connectivity index (χ4n) is 3.86. The van der Waals surface area contributed by atoms with Crippen molar-refractivity contribution < 1.29 is 23.5 Å². The molecule has 0 fully saturated rings. The number of aryl methyl sites for hydroxylation is 2. The van der Waals surface area contributed by atoms with Crippen molar-refractivity contribution in [2.75, 3.05) is 6.61 Å². The van der Waals surface area contributed by atoms with Crippen LogP contribution in [0.5, 0.6) is 5.75 Å². The summed E-state index contributed by atoms with van der Waals surface area (Å²) in [5, 5.41) is 0.932. The smallest absolute Gasteiger partial charge is 0.306 e. The molecule has 1 aromatic heterocycles. The fraction of sp³-hybridized carbons (Fsp3) is 0.407. The van der Waals surface area contributed by atoms with E-state index in [0.29, 0.717) is 31.6 Å². The molecule has 0 radical (unpaired) electrons. The van der Waals surface area contributed by atoms with Gasteiger partial charge in [0.1, 0.15) is 23.7 Å². The average Bonchev–Trinajstić information content (AvgIpc) is 3.17. The molecule has 5 nitrogen and oxygen atoms in total. The number of fused-ring (bicyclic) bond motifs is 1. The molecule has 5 heteroatoms. The maximum absolute atomic E-state index is 12.0. The van der Waals surface area contributed by atoms with Crippen LogP contribution < -0.4 is 4.74 Å². The van der Waals surface area contributed by atoms with Crippen LogP contribution in [0.4, 0.5) is 0 Å². The minimum atomic E-state index is -0.180. The lowest BCUT2D eigenvalue weighted by Crippen LogP contribution is -2.07. The highest BCUT2D eigenvalue weighted by Gasteiger charge is 2.15. The van der Waals surface area contributed by atoms with Crippen molar-refractivity contribution in [1.29, 1.82) is 0 Å². The van der Waals surface area contributed by atoms with Crippen molar-refractivity contribution >= 4 is 22.7 Å². The second kappa shape index (κ2) is 10.5. The van der Waals surface area contributed by atoms with E-state index in [-0.39, 0.29) is 11.8 Å². The number of carbonyl (C=O) groups is 2. The van der Waals surface area contributed by atoms with Crippen molar-refractivity contribution in [3.8, 4) is 5.75 Å². The SMILES string of the molecule is CCCc1cc2cc(C(C)=O)cc(COc3ccc(CCC(=O)OCC)c(C)c3C)c2o1. The Morgan fingerprint density at radius 2 is 1.75 bits per heavy atom. The number of ether oxygens (including phenoxy) is 2. The molecule has 0 aliphatic carbocycles. The third-order valence-corrected chi connectivity index (χ3v) is 5.78. The summed E-state index contributed by atoms with van der Waals surface area (Å²) in [4.78, 5) is 23.7. The van der Waals surface area contributed by atoms with Crippen molar-refractivity contribution in [2.24, 2.45) is 0 Å². The zero-order chi connectivity index (χ0) is 23.3. The summed E-state index contributed by atoms with van der Waals surface area (Å²) >= 11 is 0. The molecular formula is C27H32O5. The molecule has 0 saturated heterocycles. The van der Waals surface area contributed by atoms with Crippen LogP contribution in [0.3, 0.4) is 0 Å². The predicted octanol–water partition coefficient (Wildman–Crippen LogP) is 6.28. The van der Waals surface area contributed by atoms with Gasteiger partial charge in [0.15, 0.2) is 5.78 Å². The zero-order valence-corrected chi connectivity index (χ0v) is 19.7. The molecule has 3 rings (SSSR count). The van der Waals surface area contributed by atoms with Crippen LogP contribution in [-0.4, -0.2) is 18.4 Å². The second-order valence-corrected chi connectivity index (χ2v) is 8.14. The number of esters is 1. The Bertz CT molecular complexity index is 1120. The number of rotatable bonds is 10. The molecular weight excluding hydrogens is 404 g/mol. The zero-order valence-electron chi connectivity index (χ0n) is 19.7. The van der Waals surface area contributed by atoms with Crippen LogP contribution in [0.25, 0.3) is 11.0 Å². The van der Waals surface area contributed by atoms with Gasteiger partial charge >= 0.3 is 5.97 Å². The van der Waals surface area contributed by atoms with E-state index in [4.69, 9.17) is 13.9 Å². The lowest BCUT2D eigenvalue weighted by Gasteiger charge is -2.15. The highest BCUT2D eigenvalue weighted by Crippen LogP contribution is 2.30. The predicted molar refractivity (Wildman–Crippen MR) is 125 cm³/mol. The molecule has 0 aliphatic rings. The molecule has 0 saturated carbocycles. The highest BCUT2D eigenvalue weighted by atomic mass is 16.5. The summed E-state index contributed by atoms with van der Waals surface area (Å²) in [6, 6.07) is 9.71. The number of hydrogen-bond donors (Lipinski definition) is 0. The van der Waals surface area contributed by atoms with E-state index in [1.807, 2.05) is 51.1 Å². The molecule has 1 heterocycles. The fourth-order valence-corrected chi connectivity index (χ4v) is 3.86. The lowest BCUT2D eigenvalue weighted by atomic mass is 9.99. The summed E-state index contributed by atoms with van der Waals surface area (Å²) in [6.45, 7) is 10.3. The molecule has 0 unspecified atom stereocenters. The van der Waals surface area contributed by atoms with Crippen LogP contribution in [0, 0.1) is 13.8 Å². The van der Waals surface area contributed by atoms with Gasteiger partial charge in [0.2, 0.25) is 0 Å². The third kappa shape index (κ3) is 5.39. The highest BCUT2D eigenvalue weighted by molar-refractivity contribution is 5.98. The Balaban J connectivity index is 1.82. The van der Waals surface area contributed by atoms with Crippen LogP contribution >= 0.6 is 0 Å². The number of hydrogen-bond acceptors (Lipinski definition) is 5. The van der Waals surface area contributed by atoms with Gasteiger partial charge in [-0.15, -0.1) is 0 Å². The van der Waals surface area contributed by atoms with Gasteiger partial charge in [0.05, 0.1) is 6.61 Å². The number of Topliss-reactive ketones (excluding diaryl/α,β-unsaturated/α-hetero) is 1. The van der Waals surface area contributed by atoms with Crippen molar-refractivity contribution in [3.05, 3.63) is 63.9 Å². The van der Waals surface area contributed by atoms with E-state index >= 15 is 0 Å². The molecule has 0 bridgehead atoms. The topological polar surface area (TPSA) is 65.7 Å². The maximum Gasteiger partial charge on any atom is 0.306 e. The first-order valence-corrected chi connectivity index (χ1v) is 11.3. The van der Waals surface area contributed by atoms with E-state index in [9.17, 15) is 9.59 Å². The third-order valence-electron chi connectivity index (χ3n) is 5.78. The summed E-state index contributed by atoms with van der Waals surface area (Å²) in [5.41, 5.74) is 5.55. The molecule has 0 spiro atoms. The van der Waals surface area contributed by atoms with Gasteiger partial charge in [-0.1, -0.05) is 13.0 Å². The largest absolute Gasteiger partial charge is 0.488 e. The van der Waals surface area contributed by atoms with Crippen LogP contribution in [0.2, 0.25) is 0 Å². The monoisotopic (exact) mass is 436 g/mol. The van der Waals surface area contributed by atoms with Crippen molar-refractivity contribution in [2.45, 2.75) is 66.9 Å². The van der Waals surface area contributed by atoms with Crippen LogP contribution in [0.15, 0.2) is 34.7 Å². The Morgan fingerprint density at radius 3 is 2.44 bits per heavy atom. The van der Waals surface area contributed by atoms with Crippen LogP contribution in [0.1, 0.15) is 72.0 Å². The van der Waals surface area contributed by atoms with Gasteiger partial charge < -0.3 is 13.9 Å². The van der Waals surface area contributed by atoms with Crippen molar-refractivity contribution in [3.63, 3.8) is 0 Å². The summed E-state index contributed by atoms with van der Waals surface area (Å²) < 4.78 is 17.3. The minimum absolute atomic E-state index is 0.0179. The van der Waals surface area contributed by atoms with E-state index in [1.165, 1.54) is 0 Å². The van der Waals surface area contributed by atoms with E-state index < -0.39 is 0 Å². The molecule has 0 atom stereocenters. The van der Waals surface area contributed by atoms with E-state index in [0.717, 1.165) is 57.6 Å². The molecule has 0 N–H and O–H groups in total. The standard InChI is InChI=1S/C27H32O5/c1-6-8-24-15-22-13-21(19(5)28)14-23(27(22)32-24)16-31-25-11-9-20(17(3)18(25)4)10-12-26(29)30-7-2/h9,11,13-15H,6-8,10,12,16H2,1-5H3.